The van der Waals surface area contributed by atoms with E-state index < -0.39 is 0 Å². The van der Waals surface area contributed by atoms with Crippen molar-refractivity contribution < 1.29 is 9.47 Å². The van der Waals surface area contributed by atoms with Crippen molar-refractivity contribution in [1.29, 1.82) is 0 Å². The zero-order valence-corrected chi connectivity index (χ0v) is 18.6. The number of benzene rings is 4. The minimum Gasteiger partial charge on any atom is -0.497 e. The van der Waals surface area contributed by atoms with Gasteiger partial charge in [0.15, 0.2) is 0 Å². The lowest BCUT2D eigenvalue weighted by molar-refractivity contribution is 0.241. The van der Waals surface area contributed by atoms with Crippen LogP contribution in [-0.4, -0.2) is 14.2 Å². The standard InChI is InChI=1S/C30H28O2/c1-31-25-16-12-23(13-17-25)30(24-14-18-26(32-2)19-15-24)21-20-29(30)28-11-7-6-10-27(28)22-8-4-3-5-9-22/h3-19,29H,20-21H2,1-2H3. The smallest absolute Gasteiger partial charge is 0.118 e. The van der Waals surface area contributed by atoms with E-state index in [2.05, 4.69) is 103 Å². The summed E-state index contributed by atoms with van der Waals surface area (Å²) in [5, 5.41) is 0. The average Bonchev–Trinajstić information content (AvgIpc) is 2.85. The molecule has 0 aliphatic heterocycles. The molecule has 1 atom stereocenters. The van der Waals surface area contributed by atoms with Crippen molar-refractivity contribution in [2.45, 2.75) is 24.2 Å². The van der Waals surface area contributed by atoms with Gasteiger partial charge in [-0.15, -0.1) is 0 Å². The SMILES string of the molecule is COc1ccc(C2(c3ccc(OC)cc3)CCC2c2ccccc2-c2ccccc2)cc1. The Morgan fingerprint density at radius 1 is 0.625 bits per heavy atom. The lowest BCUT2D eigenvalue weighted by Crippen LogP contribution is -2.43. The van der Waals surface area contributed by atoms with Crippen LogP contribution >= 0.6 is 0 Å². The first-order chi connectivity index (χ1) is 15.8. The van der Waals surface area contributed by atoms with Gasteiger partial charge in [0, 0.05) is 5.41 Å². The van der Waals surface area contributed by atoms with Crippen molar-refractivity contribution in [3.63, 3.8) is 0 Å². The van der Waals surface area contributed by atoms with E-state index >= 15 is 0 Å². The van der Waals surface area contributed by atoms with Crippen molar-refractivity contribution in [3.8, 4) is 22.6 Å². The molecule has 2 nitrogen and oxygen atoms in total. The maximum absolute atomic E-state index is 5.44. The van der Waals surface area contributed by atoms with Crippen LogP contribution in [0.15, 0.2) is 103 Å². The summed E-state index contributed by atoms with van der Waals surface area (Å²) in [4.78, 5) is 0. The summed E-state index contributed by atoms with van der Waals surface area (Å²) in [6, 6.07) is 36.9. The molecule has 0 heterocycles. The Labute approximate surface area is 190 Å². The third kappa shape index (κ3) is 3.36. The van der Waals surface area contributed by atoms with Crippen LogP contribution in [0.3, 0.4) is 0 Å². The molecular formula is C30H28O2. The summed E-state index contributed by atoms with van der Waals surface area (Å²) in [6.07, 6.45) is 2.27. The van der Waals surface area contributed by atoms with E-state index in [9.17, 15) is 0 Å². The molecule has 0 bridgehead atoms. The molecule has 0 aromatic heterocycles. The molecule has 0 N–H and O–H groups in total. The van der Waals surface area contributed by atoms with E-state index in [0.29, 0.717) is 5.92 Å². The second kappa shape index (κ2) is 8.55. The van der Waals surface area contributed by atoms with Crippen LogP contribution in [0.5, 0.6) is 11.5 Å². The van der Waals surface area contributed by atoms with E-state index in [1.807, 2.05) is 0 Å². The second-order valence-corrected chi connectivity index (χ2v) is 8.47. The molecule has 1 aliphatic rings. The Morgan fingerprint density at radius 2 is 1.16 bits per heavy atom. The van der Waals surface area contributed by atoms with Crippen LogP contribution in [0, 0.1) is 0 Å². The van der Waals surface area contributed by atoms with Gasteiger partial charge in [-0.3, -0.25) is 0 Å². The average molecular weight is 421 g/mol. The Balaban J connectivity index is 1.67. The molecule has 1 saturated carbocycles. The fraction of sp³-hybridized carbons (Fsp3) is 0.200. The van der Waals surface area contributed by atoms with Crippen LogP contribution in [0.2, 0.25) is 0 Å². The highest BCUT2D eigenvalue weighted by Gasteiger charge is 2.50. The van der Waals surface area contributed by atoms with E-state index in [0.717, 1.165) is 24.3 Å². The summed E-state index contributed by atoms with van der Waals surface area (Å²) in [6.45, 7) is 0. The molecule has 0 saturated heterocycles. The molecular weight excluding hydrogens is 392 g/mol. The quantitative estimate of drug-likeness (QED) is 0.327. The third-order valence-corrected chi connectivity index (χ3v) is 7.05. The molecule has 1 unspecified atom stereocenters. The van der Waals surface area contributed by atoms with Crippen LogP contribution in [-0.2, 0) is 5.41 Å². The Hall–Kier alpha value is -3.52. The summed E-state index contributed by atoms with van der Waals surface area (Å²) in [5.74, 6) is 2.17. The molecule has 1 fully saturated rings. The molecule has 5 rings (SSSR count). The van der Waals surface area contributed by atoms with Gasteiger partial charge >= 0.3 is 0 Å². The van der Waals surface area contributed by atoms with Crippen molar-refractivity contribution in [1.82, 2.24) is 0 Å². The highest BCUT2D eigenvalue weighted by molar-refractivity contribution is 5.69. The zero-order valence-electron chi connectivity index (χ0n) is 18.6. The Morgan fingerprint density at radius 3 is 1.66 bits per heavy atom. The van der Waals surface area contributed by atoms with E-state index in [4.69, 9.17) is 9.47 Å². The Bertz CT molecular complexity index is 1130. The number of ether oxygens (including phenoxy) is 2. The minimum atomic E-state index is -0.0799. The fourth-order valence-electron chi connectivity index (χ4n) is 5.31. The maximum Gasteiger partial charge on any atom is 0.118 e. The highest BCUT2D eigenvalue weighted by Crippen LogP contribution is 2.59. The molecule has 0 spiro atoms. The second-order valence-electron chi connectivity index (χ2n) is 8.47. The van der Waals surface area contributed by atoms with Gasteiger partial charge in [-0.1, -0.05) is 78.9 Å². The van der Waals surface area contributed by atoms with Crippen LogP contribution in [0.1, 0.15) is 35.4 Å². The number of methoxy groups -OCH3 is 2. The lowest BCUT2D eigenvalue weighted by Gasteiger charge is -2.51. The third-order valence-electron chi connectivity index (χ3n) is 7.05. The first-order valence-electron chi connectivity index (χ1n) is 11.2. The van der Waals surface area contributed by atoms with Crippen LogP contribution in [0.4, 0.5) is 0 Å². The summed E-state index contributed by atoms with van der Waals surface area (Å²) < 4.78 is 10.9. The number of hydrogen-bond acceptors (Lipinski definition) is 2. The van der Waals surface area contributed by atoms with Gasteiger partial charge in [0.05, 0.1) is 14.2 Å². The predicted molar refractivity (Wildman–Crippen MR) is 131 cm³/mol. The van der Waals surface area contributed by atoms with Gasteiger partial charge in [-0.2, -0.15) is 0 Å². The van der Waals surface area contributed by atoms with Gasteiger partial charge in [0.25, 0.3) is 0 Å². The number of hydrogen-bond donors (Lipinski definition) is 0. The van der Waals surface area contributed by atoms with Crippen LogP contribution in [0.25, 0.3) is 11.1 Å². The lowest BCUT2D eigenvalue weighted by atomic mass is 9.51. The number of rotatable bonds is 6. The summed E-state index contributed by atoms with van der Waals surface area (Å²) in [5.41, 5.74) is 6.60. The van der Waals surface area contributed by atoms with Crippen LogP contribution < -0.4 is 9.47 Å². The molecule has 32 heavy (non-hydrogen) atoms. The molecule has 160 valence electrons. The van der Waals surface area contributed by atoms with Gasteiger partial charge in [0.2, 0.25) is 0 Å². The van der Waals surface area contributed by atoms with E-state index in [-0.39, 0.29) is 5.41 Å². The summed E-state index contributed by atoms with van der Waals surface area (Å²) >= 11 is 0. The van der Waals surface area contributed by atoms with Gasteiger partial charge in [-0.05, 0) is 70.8 Å². The first kappa shape index (κ1) is 20.4. The normalized spacial score (nSPS) is 16.8. The maximum atomic E-state index is 5.44. The topological polar surface area (TPSA) is 18.5 Å². The molecule has 0 amide bonds. The van der Waals surface area contributed by atoms with Crippen molar-refractivity contribution >= 4 is 0 Å². The predicted octanol–water partition coefficient (Wildman–Crippen LogP) is 7.23. The molecule has 4 aromatic carbocycles. The molecule has 4 aromatic rings. The van der Waals surface area contributed by atoms with Gasteiger partial charge in [-0.25, -0.2) is 0 Å². The highest BCUT2D eigenvalue weighted by atomic mass is 16.5. The fourth-order valence-corrected chi connectivity index (χ4v) is 5.31. The molecule has 1 aliphatic carbocycles. The minimum absolute atomic E-state index is 0.0799. The van der Waals surface area contributed by atoms with Crippen molar-refractivity contribution in [3.05, 3.63) is 120 Å². The van der Waals surface area contributed by atoms with Crippen molar-refractivity contribution in [2.24, 2.45) is 0 Å². The molecule has 2 heteroatoms. The molecule has 0 radical (unpaired) electrons. The monoisotopic (exact) mass is 420 g/mol. The van der Waals surface area contributed by atoms with Gasteiger partial charge in [0.1, 0.15) is 11.5 Å². The van der Waals surface area contributed by atoms with Gasteiger partial charge < -0.3 is 9.47 Å². The summed E-state index contributed by atoms with van der Waals surface area (Å²) in [7, 11) is 3.44. The van der Waals surface area contributed by atoms with Crippen molar-refractivity contribution in [2.75, 3.05) is 14.2 Å². The zero-order chi connectivity index (χ0) is 22.0. The van der Waals surface area contributed by atoms with E-state index in [1.54, 1.807) is 14.2 Å². The Kier molecular flexibility index (Phi) is 5.45. The first-order valence-corrected chi connectivity index (χ1v) is 11.2. The van der Waals surface area contributed by atoms with E-state index in [1.165, 1.54) is 27.8 Å². The largest absolute Gasteiger partial charge is 0.497 e.